The summed E-state index contributed by atoms with van der Waals surface area (Å²) in [5, 5.41) is 20.4. The van der Waals surface area contributed by atoms with E-state index in [0.29, 0.717) is 19.4 Å². The molecule has 1 fully saturated rings. The summed E-state index contributed by atoms with van der Waals surface area (Å²) in [5.74, 6) is 0. The summed E-state index contributed by atoms with van der Waals surface area (Å²) in [6.07, 6.45) is -2.53. The standard InChI is InChI=1S/C13H21N3O6/c1-21-11-9(19)10(7(17)3-2-5-14)22-12(11)16-6-4-8(18)15-13(16)20/h4,6-7,9-12,17,19H,2-3,5,14H2,1H3,(H,15,18,20)/t7-,9-,10-,11-,12-/m1/s1. The molecule has 5 N–H and O–H groups in total. The zero-order valence-corrected chi connectivity index (χ0v) is 12.2. The van der Waals surface area contributed by atoms with E-state index in [1.807, 2.05) is 0 Å². The average Bonchev–Trinajstić information content (AvgIpc) is 2.81. The number of aliphatic hydroxyl groups excluding tert-OH is 2. The number of nitrogens with one attached hydrogen (secondary N) is 1. The van der Waals surface area contributed by atoms with Crippen molar-refractivity contribution >= 4 is 0 Å². The molecule has 0 aromatic carbocycles. The Hall–Kier alpha value is -1.52. The van der Waals surface area contributed by atoms with Gasteiger partial charge in [-0.25, -0.2) is 4.79 Å². The quantitative estimate of drug-likeness (QED) is 0.472. The highest BCUT2D eigenvalue weighted by atomic mass is 16.6. The Kier molecular flexibility index (Phi) is 5.48. The molecule has 124 valence electrons. The van der Waals surface area contributed by atoms with Crippen molar-refractivity contribution in [2.24, 2.45) is 5.73 Å². The number of aliphatic hydroxyl groups is 2. The number of rotatable bonds is 6. The Morgan fingerprint density at radius 3 is 2.86 bits per heavy atom. The van der Waals surface area contributed by atoms with E-state index in [2.05, 4.69) is 4.98 Å². The Bertz CT molecular complexity index is 600. The number of aromatic nitrogens is 2. The van der Waals surface area contributed by atoms with E-state index in [-0.39, 0.29) is 0 Å². The molecule has 0 unspecified atom stereocenters. The van der Waals surface area contributed by atoms with Gasteiger partial charge >= 0.3 is 5.69 Å². The predicted molar refractivity (Wildman–Crippen MR) is 76.3 cm³/mol. The van der Waals surface area contributed by atoms with Crippen molar-refractivity contribution in [2.75, 3.05) is 13.7 Å². The van der Waals surface area contributed by atoms with Gasteiger partial charge in [0.1, 0.15) is 18.3 Å². The third-order valence-electron chi connectivity index (χ3n) is 3.73. The minimum atomic E-state index is -1.11. The molecule has 0 saturated carbocycles. The third-order valence-corrected chi connectivity index (χ3v) is 3.73. The van der Waals surface area contributed by atoms with Gasteiger partial charge in [0.25, 0.3) is 5.56 Å². The molecule has 1 aliphatic rings. The minimum Gasteiger partial charge on any atom is -0.390 e. The molecule has 9 nitrogen and oxygen atoms in total. The van der Waals surface area contributed by atoms with Crippen LogP contribution in [0.4, 0.5) is 0 Å². The van der Waals surface area contributed by atoms with Crippen LogP contribution in [0.1, 0.15) is 19.1 Å². The number of nitrogens with two attached hydrogens (primary N) is 1. The molecule has 0 bridgehead atoms. The van der Waals surface area contributed by atoms with Gasteiger partial charge in [-0.1, -0.05) is 0 Å². The highest BCUT2D eigenvalue weighted by molar-refractivity contribution is 4.96. The molecule has 0 radical (unpaired) electrons. The fourth-order valence-electron chi connectivity index (χ4n) is 2.59. The Balaban J connectivity index is 2.25. The maximum absolute atomic E-state index is 11.9. The fourth-order valence-corrected chi connectivity index (χ4v) is 2.59. The lowest BCUT2D eigenvalue weighted by Crippen LogP contribution is -2.40. The first-order valence-corrected chi connectivity index (χ1v) is 7.05. The molecule has 1 aliphatic heterocycles. The van der Waals surface area contributed by atoms with Crippen LogP contribution in [-0.2, 0) is 9.47 Å². The molecule has 0 spiro atoms. The predicted octanol–water partition coefficient (Wildman–Crippen LogP) is -2.09. The van der Waals surface area contributed by atoms with Gasteiger partial charge in [0.2, 0.25) is 0 Å². The lowest BCUT2D eigenvalue weighted by molar-refractivity contribution is -0.0894. The van der Waals surface area contributed by atoms with Gasteiger partial charge in [0.05, 0.1) is 6.10 Å². The SMILES string of the molecule is CO[C@@H]1[C@H](O)[C@@H]([C@H](O)CCCN)O[C@H]1n1ccc(=O)[nH]c1=O. The average molecular weight is 315 g/mol. The van der Waals surface area contributed by atoms with Crippen LogP contribution in [0.3, 0.4) is 0 Å². The van der Waals surface area contributed by atoms with Crippen molar-refractivity contribution in [3.63, 3.8) is 0 Å². The molecule has 22 heavy (non-hydrogen) atoms. The molecule has 1 aromatic heterocycles. The second-order valence-corrected chi connectivity index (χ2v) is 5.20. The van der Waals surface area contributed by atoms with E-state index in [4.69, 9.17) is 15.2 Å². The van der Waals surface area contributed by atoms with E-state index in [1.54, 1.807) is 0 Å². The summed E-state index contributed by atoms with van der Waals surface area (Å²) in [4.78, 5) is 25.1. The molecular weight excluding hydrogens is 294 g/mol. The van der Waals surface area contributed by atoms with Crippen LogP contribution < -0.4 is 17.0 Å². The van der Waals surface area contributed by atoms with Gasteiger partial charge in [0.15, 0.2) is 6.23 Å². The first-order chi connectivity index (χ1) is 10.5. The van der Waals surface area contributed by atoms with Gasteiger partial charge in [0, 0.05) is 19.4 Å². The van der Waals surface area contributed by atoms with Crippen molar-refractivity contribution in [1.82, 2.24) is 9.55 Å². The molecule has 0 aliphatic carbocycles. The Morgan fingerprint density at radius 2 is 2.27 bits per heavy atom. The maximum atomic E-state index is 11.9. The molecular formula is C13H21N3O6. The van der Waals surface area contributed by atoms with Crippen molar-refractivity contribution in [3.8, 4) is 0 Å². The summed E-state index contributed by atoms with van der Waals surface area (Å²) < 4.78 is 11.9. The van der Waals surface area contributed by atoms with Crippen LogP contribution in [0.15, 0.2) is 21.9 Å². The fraction of sp³-hybridized carbons (Fsp3) is 0.692. The molecule has 1 saturated heterocycles. The smallest absolute Gasteiger partial charge is 0.330 e. The number of hydrogen-bond donors (Lipinski definition) is 4. The zero-order valence-electron chi connectivity index (χ0n) is 12.2. The van der Waals surface area contributed by atoms with Gasteiger partial charge in [-0.2, -0.15) is 0 Å². The van der Waals surface area contributed by atoms with Crippen LogP contribution in [0, 0.1) is 0 Å². The summed E-state index contributed by atoms with van der Waals surface area (Å²) in [6, 6.07) is 1.17. The zero-order chi connectivity index (χ0) is 16.3. The molecule has 9 heteroatoms. The van der Waals surface area contributed by atoms with E-state index in [0.717, 1.165) is 4.57 Å². The lowest BCUT2D eigenvalue weighted by Gasteiger charge is -2.21. The van der Waals surface area contributed by atoms with Crippen LogP contribution in [0.2, 0.25) is 0 Å². The van der Waals surface area contributed by atoms with Crippen LogP contribution in [0.25, 0.3) is 0 Å². The van der Waals surface area contributed by atoms with Crippen molar-refractivity contribution < 1.29 is 19.7 Å². The van der Waals surface area contributed by atoms with Crippen molar-refractivity contribution in [1.29, 1.82) is 0 Å². The third kappa shape index (κ3) is 3.28. The molecule has 5 atom stereocenters. The summed E-state index contributed by atoms with van der Waals surface area (Å²) >= 11 is 0. The number of aromatic amines is 1. The lowest BCUT2D eigenvalue weighted by atomic mass is 10.0. The topological polar surface area (TPSA) is 140 Å². The van der Waals surface area contributed by atoms with Gasteiger partial charge < -0.3 is 25.4 Å². The second kappa shape index (κ2) is 7.16. The van der Waals surface area contributed by atoms with Crippen LogP contribution in [-0.4, -0.2) is 57.8 Å². The normalized spacial score (nSPS) is 29.6. The van der Waals surface area contributed by atoms with E-state index < -0.39 is 41.9 Å². The number of hydrogen-bond acceptors (Lipinski definition) is 7. The Labute approximate surface area is 126 Å². The number of ether oxygens (including phenoxy) is 2. The highest BCUT2D eigenvalue weighted by Crippen LogP contribution is 2.32. The summed E-state index contributed by atoms with van der Waals surface area (Å²) in [7, 11) is 1.37. The van der Waals surface area contributed by atoms with E-state index >= 15 is 0 Å². The highest BCUT2D eigenvalue weighted by Gasteiger charge is 2.48. The van der Waals surface area contributed by atoms with Crippen LogP contribution in [0.5, 0.6) is 0 Å². The number of H-pyrrole nitrogens is 1. The molecule has 0 amide bonds. The van der Waals surface area contributed by atoms with E-state index in [1.165, 1.54) is 19.4 Å². The van der Waals surface area contributed by atoms with Crippen molar-refractivity contribution in [3.05, 3.63) is 33.1 Å². The molecule has 2 heterocycles. The molecule has 1 aromatic rings. The van der Waals surface area contributed by atoms with Gasteiger partial charge in [-0.15, -0.1) is 0 Å². The van der Waals surface area contributed by atoms with Gasteiger partial charge in [-0.05, 0) is 19.4 Å². The monoisotopic (exact) mass is 315 g/mol. The largest absolute Gasteiger partial charge is 0.390 e. The van der Waals surface area contributed by atoms with Gasteiger partial charge in [-0.3, -0.25) is 14.3 Å². The minimum absolute atomic E-state index is 0.363. The first kappa shape index (κ1) is 16.8. The van der Waals surface area contributed by atoms with E-state index in [9.17, 15) is 19.8 Å². The number of nitrogens with zero attached hydrogens (tertiary/aromatic N) is 1. The Morgan fingerprint density at radius 1 is 1.55 bits per heavy atom. The summed E-state index contributed by atoms with van der Waals surface area (Å²) in [6.45, 7) is 0.413. The molecule has 2 rings (SSSR count). The van der Waals surface area contributed by atoms with Crippen molar-refractivity contribution in [2.45, 2.75) is 43.5 Å². The summed E-state index contributed by atoms with van der Waals surface area (Å²) in [5.41, 5.74) is 4.19. The van der Waals surface area contributed by atoms with Crippen LogP contribution >= 0.6 is 0 Å². The number of methoxy groups -OCH3 is 1. The first-order valence-electron chi connectivity index (χ1n) is 7.05. The second-order valence-electron chi connectivity index (χ2n) is 5.20. The maximum Gasteiger partial charge on any atom is 0.330 e.